The van der Waals surface area contributed by atoms with Crippen molar-refractivity contribution in [2.45, 2.75) is 32.0 Å². The molecular weight excluding hydrogens is 355 g/mol. The number of amides is 2. The van der Waals surface area contributed by atoms with Crippen molar-refractivity contribution in [3.8, 4) is 0 Å². The number of hydrogen-bond donors (Lipinski definition) is 2. The molecule has 1 fully saturated rings. The van der Waals surface area contributed by atoms with Gasteiger partial charge in [-0.1, -0.05) is 23.7 Å². The van der Waals surface area contributed by atoms with Gasteiger partial charge in [0.25, 0.3) is 0 Å². The number of hydrogen-bond acceptors (Lipinski definition) is 2. The molecule has 2 N–H and O–H groups in total. The van der Waals surface area contributed by atoms with Crippen LogP contribution in [-0.2, 0) is 6.42 Å². The van der Waals surface area contributed by atoms with Crippen LogP contribution in [0.3, 0.4) is 0 Å². The van der Waals surface area contributed by atoms with Crippen LogP contribution >= 0.6 is 11.6 Å². The Hall–Kier alpha value is -1.47. The van der Waals surface area contributed by atoms with Gasteiger partial charge in [0.2, 0.25) is 0 Å². The van der Waals surface area contributed by atoms with Gasteiger partial charge in [-0.15, -0.1) is 0 Å². The normalized spacial score (nSPS) is 19.6. The zero-order valence-electron chi connectivity index (χ0n) is 14.1. The Morgan fingerprint density at radius 2 is 2.20 bits per heavy atom. The summed E-state index contributed by atoms with van der Waals surface area (Å²) < 4.78 is 37.1. The molecule has 2 amide bonds. The second-order valence-electron chi connectivity index (χ2n) is 6.59. The molecule has 1 aromatic carbocycles. The van der Waals surface area contributed by atoms with Crippen molar-refractivity contribution in [1.82, 2.24) is 15.5 Å². The van der Waals surface area contributed by atoms with Crippen LogP contribution in [0.1, 0.15) is 18.9 Å². The first kappa shape index (κ1) is 19.8. The van der Waals surface area contributed by atoms with Crippen molar-refractivity contribution < 1.29 is 18.0 Å². The topological polar surface area (TPSA) is 44.4 Å². The summed E-state index contributed by atoms with van der Waals surface area (Å²) in [7, 11) is 0. The van der Waals surface area contributed by atoms with Crippen LogP contribution in [0, 0.1) is 5.92 Å². The first-order valence-corrected chi connectivity index (χ1v) is 8.67. The third-order valence-electron chi connectivity index (χ3n) is 4.13. The van der Waals surface area contributed by atoms with Gasteiger partial charge in [0.1, 0.15) is 0 Å². The maximum Gasteiger partial charge on any atom is 0.401 e. The van der Waals surface area contributed by atoms with Crippen LogP contribution in [0.5, 0.6) is 0 Å². The Balaban J connectivity index is 1.67. The minimum atomic E-state index is -4.17. The number of nitrogens with zero attached hydrogens (tertiary/aromatic N) is 1. The average Bonchev–Trinajstić information content (AvgIpc) is 2.90. The molecule has 0 bridgehead atoms. The van der Waals surface area contributed by atoms with E-state index >= 15 is 0 Å². The van der Waals surface area contributed by atoms with Gasteiger partial charge in [-0.3, -0.25) is 4.90 Å². The predicted octanol–water partition coefficient (Wildman–Crippen LogP) is 3.45. The van der Waals surface area contributed by atoms with E-state index in [1.54, 1.807) is 6.07 Å². The Labute approximate surface area is 150 Å². The molecule has 1 aliphatic heterocycles. The summed E-state index contributed by atoms with van der Waals surface area (Å²) in [6, 6.07) is 7.06. The Morgan fingerprint density at radius 1 is 1.44 bits per heavy atom. The quantitative estimate of drug-likeness (QED) is 0.797. The largest absolute Gasteiger partial charge is 0.401 e. The maximum atomic E-state index is 12.4. The SMILES string of the molecule is C[C@@H](Cc1cccc(Cl)c1)NC(=O)NC[C@H]1CCN(CC(F)(F)F)C1. The lowest BCUT2D eigenvalue weighted by Gasteiger charge is -2.19. The van der Waals surface area contributed by atoms with Gasteiger partial charge in [-0.2, -0.15) is 13.2 Å². The molecule has 0 radical (unpaired) electrons. The van der Waals surface area contributed by atoms with Crippen LogP contribution in [0.25, 0.3) is 0 Å². The van der Waals surface area contributed by atoms with Crippen molar-refractivity contribution in [2.24, 2.45) is 5.92 Å². The highest BCUT2D eigenvalue weighted by Gasteiger charge is 2.34. The first-order chi connectivity index (χ1) is 11.7. The lowest BCUT2D eigenvalue weighted by atomic mass is 10.1. The summed E-state index contributed by atoms with van der Waals surface area (Å²) in [5, 5.41) is 6.24. The van der Waals surface area contributed by atoms with E-state index in [9.17, 15) is 18.0 Å². The van der Waals surface area contributed by atoms with Crippen molar-refractivity contribution in [3.63, 3.8) is 0 Å². The summed E-state index contributed by atoms with van der Waals surface area (Å²) >= 11 is 5.93. The minimum Gasteiger partial charge on any atom is -0.338 e. The molecule has 2 rings (SSSR count). The second kappa shape index (κ2) is 8.76. The molecule has 1 aliphatic rings. The highest BCUT2D eigenvalue weighted by atomic mass is 35.5. The third kappa shape index (κ3) is 7.52. The van der Waals surface area contributed by atoms with Gasteiger partial charge in [-0.05, 0) is 49.9 Å². The highest BCUT2D eigenvalue weighted by Crippen LogP contribution is 2.22. The lowest BCUT2D eigenvalue weighted by molar-refractivity contribution is -0.143. The monoisotopic (exact) mass is 377 g/mol. The van der Waals surface area contributed by atoms with E-state index in [1.165, 1.54) is 4.90 Å². The Bertz CT molecular complexity index is 583. The van der Waals surface area contributed by atoms with Gasteiger partial charge in [-0.25, -0.2) is 4.79 Å². The molecule has 0 spiro atoms. The fourth-order valence-corrected chi connectivity index (χ4v) is 3.27. The van der Waals surface area contributed by atoms with Crippen molar-refractivity contribution in [1.29, 1.82) is 0 Å². The number of benzene rings is 1. The van der Waals surface area contributed by atoms with Crippen LogP contribution in [0.4, 0.5) is 18.0 Å². The van der Waals surface area contributed by atoms with Crippen LogP contribution in [0.2, 0.25) is 5.02 Å². The average molecular weight is 378 g/mol. The lowest BCUT2D eigenvalue weighted by Crippen LogP contribution is -2.43. The van der Waals surface area contributed by atoms with E-state index in [0.29, 0.717) is 37.5 Å². The zero-order chi connectivity index (χ0) is 18.4. The van der Waals surface area contributed by atoms with E-state index in [1.807, 2.05) is 25.1 Å². The summed E-state index contributed by atoms with van der Waals surface area (Å²) in [5.74, 6) is 0.0522. The standard InChI is InChI=1S/C17H23ClF3N3O/c1-12(7-13-3-2-4-15(18)8-13)23-16(25)22-9-14-5-6-24(10-14)11-17(19,20)21/h2-4,8,12,14H,5-7,9-11H2,1H3,(H2,22,23,25)/t12-,14+/m0/s1. The van der Waals surface area contributed by atoms with Crippen LogP contribution < -0.4 is 10.6 Å². The number of urea groups is 1. The molecule has 2 atom stereocenters. The molecule has 4 nitrogen and oxygen atoms in total. The van der Waals surface area contributed by atoms with Gasteiger partial charge in [0.05, 0.1) is 6.54 Å². The summed E-state index contributed by atoms with van der Waals surface area (Å²) in [6.07, 6.45) is -2.86. The summed E-state index contributed by atoms with van der Waals surface area (Å²) in [6.45, 7) is 2.16. The molecule has 25 heavy (non-hydrogen) atoms. The number of nitrogens with one attached hydrogen (secondary N) is 2. The maximum absolute atomic E-state index is 12.4. The Morgan fingerprint density at radius 3 is 2.88 bits per heavy atom. The highest BCUT2D eigenvalue weighted by molar-refractivity contribution is 6.30. The van der Waals surface area contributed by atoms with Crippen LogP contribution in [0.15, 0.2) is 24.3 Å². The molecule has 1 heterocycles. The van der Waals surface area contributed by atoms with E-state index < -0.39 is 12.7 Å². The minimum absolute atomic E-state index is 0.0522. The van der Waals surface area contributed by atoms with Gasteiger partial charge >= 0.3 is 12.2 Å². The number of rotatable bonds is 6. The fraction of sp³-hybridized carbons (Fsp3) is 0.588. The zero-order valence-corrected chi connectivity index (χ0v) is 14.8. The number of alkyl halides is 3. The van der Waals surface area contributed by atoms with Crippen LogP contribution in [-0.4, -0.2) is 49.3 Å². The van der Waals surface area contributed by atoms with E-state index in [-0.39, 0.29) is 18.0 Å². The number of carbonyl (C=O) groups is 1. The summed E-state index contributed by atoms with van der Waals surface area (Å²) in [4.78, 5) is 13.3. The fourth-order valence-electron chi connectivity index (χ4n) is 3.06. The summed E-state index contributed by atoms with van der Waals surface area (Å²) in [5.41, 5.74) is 1.03. The smallest absolute Gasteiger partial charge is 0.338 e. The number of likely N-dealkylation sites (tertiary alicyclic amines) is 1. The van der Waals surface area contributed by atoms with Gasteiger partial charge in [0, 0.05) is 24.2 Å². The van der Waals surface area contributed by atoms with Gasteiger partial charge in [0.15, 0.2) is 0 Å². The molecule has 1 aromatic rings. The van der Waals surface area contributed by atoms with E-state index in [0.717, 1.165) is 5.56 Å². The Kier molecular flexibility index (Phi) is 6.95. The molecule has 0 aromatic heterocycles. The molecule has 0 saturated carbocycles. The molecule has 0 aliphatic carbocycles. The van der Waals surface area contributed by atoms with Crippen molar-refractivity contribution in [3.05, 3.63) is 34.9 Å². The number of carbonyl (C=O) groups excluding carboxylic acids is 1. The molecule has 140 valence electrons. The first-order valence-electron chi connectivity index (χ1n) is 8.29. The second-order valence-corrected chi connectivity index (χ2v) is 7.03. The molecule has 1 saturated heterocycles. The third-order valence-corrected chi connectivity index (χ3v) is 4.37. The molecule has 0 unspecified atom stereocenters. The van der Waals surface area contributed by atoms with Gasteiger partial charge < -0.3 is 10.6 Å². The predicted molar refractivity (Wildman–Crippen MR) is 91.8 cm³/mol. The molecule has 8 heteroatoms. The van der Waals surface area contributed by atoms with Crippen molar-refractivity contribution >= 4 is 17.6 Å². The van der Waals surface area contributed by atoms with E-state index in [4.69, 9.17) is 11.6 Å². The number of halogens is 4. The van der Waals surface area contributed by atoms with E-state index in [2.05, 4.69) is 10.6 Å². The molecular formula is C17H23ClF3N3O. The van der Waals surface area contributed by atoms with Crippen molar-refractivity contribution in [2.75, 3.05) is 26.2 Å².